The van der Waals surface area contributed by atoms with E-state index in [9.17, 15) is 4.79 Å². The number of hydrogen-bond acceptors (Lipinski definition) is 2. The number of nitrogens with zero attached hydrogens (tertiary/aromatic N) is 1. The Hall–Kier alpha value is -2.59. The van der Waals surface area contributed by atoms with Gasteiger partial charge >= 0.3 is 0 Å². The van der Waals surface area contributed by atoms with Gasteiger partial charge in [-0.1, -0.05) is 38.1 Å². The first kappa shape index (κ1) is 18.8. The fraction of sp³-hybridized carbons (Fsp3) is 0.375. The normalized spacial score (nSPS) is 16.4. The second-order valence-corrected chi connectivity index (χ2v) is 7.78. The lowest BCUT2D eigenvalue weighted by atomic mass is 9.87. The standard InChI is InChI=1S/C24H29N3O/c1-4-27(5-2)21-12-10-17-13-20(11-9-18(17)14-21)25-24(28)22-15-19-8-6-7-16(3)23(19)26-22/h6-9,11,13,15,21,26H,4-5,10,12,14H2,1-3H3,(H,25,28). The average molecular weight is 376 g/mol. The molecule has 1 aliphatic rings. The van der Waals surface area contributed by atoms with Crippen molar-refractivity contribution < 1.29 is 4.79 Å². The molecule has 0 spiro atoms. The van der Waals surface area contributed by atoms with E-state index in [1.165, 1.54) is 17.5 Å². The molecule has 1 heterocycles. The van der Waals surface area contributed by atoms with E-state index in [0.717, 1.165) is 48.1 Å². The Morgan fingerprint density at radius 1 is 1.14 bits per heavy atom. The molecule has 0 saturated heterocycles. The van der Waals surface area contributed by atoms with Crippen LogP contribution in [0.3, 0.4) is 0 Å². The van der Waals surface area contributed by atoms with Crippen LogP contribution in [0, 0.1) is 6.92 Å². The summed E-state index contributed by atoms with van der Waals surface area (Å²) in [7, 11) is 0. The number of carbonyl (C=O) groups excluding carboxylic acids is 1. The number of fused-ring (bicyclic) bond motifs is 2. The third-order valence-electron chi connectivity index (χ3n) is 6.10. The number of amides is 1. The number of benzene rings is 2. The molecule has 0 aliphatic heterocycles. The number of aromatic amines is 1. The second-order valence-electron chi connectivity index (χ2n) is 7.78. The molecule has 1 unspecified atom stereocenters. The Morgan fingerprint density at radius 3 is 2.71 bits per heavy atom. The lowest BCUT2D eigenvalue weighted by Gasteiger charge is -2.34. The smallest absolute Gasteiger partial charge is 0.272 e. The van der Waals surface area contributed by atoms with Crippen LogP contribution in [0.1, 0.15) is 47.4 Å². The first-order valence-electron chi connectivity index (χ1n) is 10.3. The van der Waals surface area contributed by atoms with E-state index in [1.807, 2.05) is 24.3 Å². The molecule has 1 aromatic heterocycles. The molecule has 0 bridgehead atoms. The number of aryl methyl sites for hydroxylation is 2. The number of nitrogens with one attached hydrogen (secondary N) is 2. The van der Waals surface area contributed by atoms with Gasteiger partial charge in [0.1, 0.15) is 5.69 Å². The van der Waals surface area contributed by atoms with Gasteiger partial charge in [0.25, 0.3) is 5.91 Å². The van der Waals surface area contributed by atoms with E-state index < -0.39 is 0 Å². The van der Waals surface area contributed by atoms with Gasteiger partial charge in [0.15, 0.2) is 0 Å². The molecule has 28 heavy (non-hydrogen) atoms. The van der Waals surface area contributed by atoms with Crippen LogP contribution < -0.4 is 5.32 Å². The van der Waals surface area contributed by atoms with Crippen molar-refractivity contribution in [2.75, 3.05) is 18.4 Å². The van der Waals surface area contributed by atoms with Crippen molar-refractivity contribution in [3.8, 4) is 0 Å². The highest BCUT2D eigenvalue weighted by Gasteiger charge is 2.23. The largest absolute Gasteiger partial charge is 0.350 e. The molecule has 1 aliphatic carbocycles. The topological polar surface area (TPSA) is 48.1 Å². The van der Waals surface area contributed by atoms with Crippen LogP contribution in [0.25, 0.3) is 10.9 Å². The number of hydrogen-bond donors (Lipinski definition) is 2. The fourth-order valence-electron chi connectivity index (χ4n) is 4.49. The molecular weight excluding hydrogens is 346 g/mol. The van der Waals surface area contributed by atoms with Crippen molar-refractivity contribution in [2.24, 2.45) is 0 Å². The van der Waals surface area contributed by atoms with Gasteiger partial charge in [0.05, 0.1) is 0 Å². The Labute approximate surface area is 166 Å². The zero-order valence-electron chi connectivity index (χ0n) is 17.0. The number of para-hydroxylation sites is 1. The number of likely N-dealkylation sites (N-methyl/N-ethyl adjacent to an activating group) is 1. The Bertz CT molecular complexity index is 1000. The molecule has 4 rings (SSSR count). The number of aromatic nitrogens is 1. The van der Waals surface area contributed by atoms with Gasteiger partial charge < -0.3 is 15.2 Å². The first-order chi connectivity index (χ1) is 13.6. The summed E-state index contributed by atoms with van der Waals surface area (Å²) in [6.07, 6.45) is 3.37. The highest BCUT2D eigenvalue weighted by molar-refractivity contribution is 6.06. The molecule has 4 nitrogen and oxygen atoms in total. The van der Waals surface area contributed by atoms with Gasteiger partial charge in [0.2, 0.25) is 0 Å². The lowest BCUT2D eigenvalue weighted by Crippen LogP contribution is -2.39. The maximum absolute atomic E-state index is 12.7. The van der Waals surface area contributed by atoms with Crippen molar-refractivity contribution in [3.63, 3.8) is 0 Å². The molecule has 0 fully saturated rings. The Kier molecular flexibility index (Phi) is 5.23. The number of carbonyl (C=O) groups is 1. The minimum absolute atomic E-state index is 0.0904. The molecule has 146 valence electrons. The lowest BCUT2D eigenvalue weighted by molar-refractivity contribution is 0.102. The monoisotopic (exact) mass is 375 g/mol. The predicted molar refractivity (Wildman–Crippen MR) is 116 cm³/mol. The zero-order chi connectivity index (χ0) is 19.7. The molecule has 1 atom stereocenters. The van der Waals surface area contributed by atoms with Gasteiger partial charge in [-0.2, -0.15) is 0 Å². The van der Waals surface area contributed by atoms with E-state index >= 15 is 0 Å². The maximum Gasteiger partial charge on any atom is 0.272 e. The average Bonchev–Trinajstić information content (AvgIpc) is 3.15. The minimum Gasteiger partial charge on any atom is -0.350 e. The predicted octanol–water partition coefficient (Wildman–Crippen LogP) is 4.93. The summed E-state index contributed by atoms with van der Waals surface area (Å²) in [4.78, 5) is 18.5. The fourth-order valence-corrected chi connectivity index (χ4v) is 4.49. The highest BCUT2D eigenvalue weighted by atomic mass is 16.1. The number of rotatable bonds is 5. The highest BCUT2D eigenvalue weighted by Crippen LogP contribution is 2.27. The summed E-state index contributed by atoms with van der Waals surface area (Å²) in [6.45, 7) is 8.74. The molecule has 0 saturated carbocycles. The first-order valence-corrected chi connectivity index (χ1v) is 10.3. The number of H-pyrrole nitrogens is 1. The molecule has 4 heteroatoms. The molecule has 2 N–H and O–H groups in total. The molecule has 1 amide bonds. The summed E-state index contributed by atoms with van der Waals surface area (Å²) < 4.78 is 0. The third-order valence-corrected chi connectivity index (χ3v) is 6.10. The molecule has 3 aromatic rings. The minimum atomic E-state index is -0.0904. The van der Waals surface area contributed by atoms with Crippen LogP contribution in [-0.2, 0) is 12.8 Å². The molecule has 2 aromatic carbocycles. The van der Waals surface area contributed by atoms with E-state index in [1.54, 1.807) is 0 Å². The summed E-state index contributed by atoms with van der Waals surface area (Å²) >= 11 is 0. The van der Waals surface area contributed by atoms with Gasteiger partial charge in [-0.05, 0) is 74.2 Å². The van der Waals surface area contributed by atoms with E-state index in [-0.39, 0.29) is 5.91 Å². The third kappa shape index (κ3) is 3.57. The number of anilines is 1. The molecule has 0 radical (unpaired) electrons. The van der Waals surface area contributed by atoms with Crippen LogP contribution in [-0.4, -0.2) is 34.9 Å². The van der Waals surface area contributed by atoms with Gasteiger partial charge in [-0.25, -0.2) is 0 Å². The van der Waals surface area contributed by atoms with Crippen LogP contribution in [0.2, 0.25) is 0 Å². The van der Waals surface area contributed by atoms with Crippen molar-refractivity contribution >= 4 is 22.5 Å². The van der Waals surface area contributed by atoms with Crippen molar-refractivity contribution in [1.29, 1.82) is 0 Å². The van der Waals surface area contributed by atoms with Crippen molar-refractivity contribution in [3.05, 3.63) is 64.8 Å². The van der Waals surface area contributed by atoms with Crippen LogP contribution >= 0.6 is 0 Å². The van der Waals surface area contributed by atoms with Crippen LogP contribution in [0.4, 0.5) is 5.69 Å². The Morgan fingerprint density at radius 2 is 1.96 bits per heavy atom. The van der Waals surface area contributed by atoms with Gasteiger partial charge in [-0.15, -0.1) is 0 Å². The summed E-state index contributed by atoms with van der Waals surface area (Å²) in [5.74, 6) is -0.0904. The van der Waals surface area contributed by atoms with Crippen molar-refractivity contribution in [1.82, 2.24) is 9.88 Å². The van der Waals surface area contributed by atoms with E-state index in [0.29, 0.717) is 11.7 Å². The summed E-state index contributed by atoms with van der Waals surface area (Å²) in [5, 5.41) is 4.13. The maximum atomic E-state index is 12.7. The SMILES string of the molecule is CCN(CC)C1CCc2cc(NC(=O)c3cc4cccc(C)c4[nH]3)ccc2C1. The van der Waals surface area contributed by atoms with E-state index in [4.69, 9.17) is 0 Å². The summed E-state index contributed by atoms with van der Waals surface area (Å²) in [6, 6.07) is 15.0. The van der Waals surface area contributed by atoms with E-state index in [2.05, 4.69) is 54.2 Å². The zero-order valence-corrected chi connectivity index (χ0v) is 17.0. The van der Waals surface area contributed by atoms with Crippen LogP contribution in [0.15, 0.2) is 42.5 Å². The second kappa shape index (κ2) is 7.80. The van der Waals surface area contributed by atoms with Crippen LogP contribution in [0.5, 0.6) is 0 Å². The summed E-state index contributed by atoms with van der Waals surface area (Å²) in [5.41, 5.74) is 6.44. The van der Waals surface area contributed by atoms with Gasteiger partial charge in [0, 0.05) is 22.6 Å². The Balaban J connectivity index is 1.50. The quantitative estimate of drug-likeness (QED) is 0.664. The van der Waals surface area contributed by atoms with Crippen molar-refractivity contribution in [2.45, 2.75) is 46.1 Å². The molecular formula is C24H29N3O. The van der Waals surface area contributed by atoms with Gasteiger partial charge in [-0.3, -0.25) is 4.79 Å².